The first-order chi connectivity index (χ1) is 21.8. The van der Waals surface area contributed by atoms with Crippen LogP contribution < -0.4 is 29.7 Å². The lowest BCUT2D eigenvalue weighted by Gasteiger charge is -2.25. The van der Waals surface area contributed by atoms with Crippen LogP contribution in [-0.4, -0.2) is 29.6 Å². The van der Waals surface area contributed by atoms with Crippen molar-refractivity contribution in [3.8, 4) is 22.8 Å². The predicted octanol–water partition coefficient (Wildman–Crippen LogP) is 5.06. The first-order valence-corrected chi connectivity index (χ1v) is 14.5. The van der Waals surface area contributed by atoms with Gasteiger partial charge in [-0.15, -0.1) is 0 Å². The first-order valence-electron chi connectivity index (χ1n) is 13.7. The number of nitrogens with zero attached hydrogens (tertiary/aromatic N) is 3. The van der Waals surface area contributed by atoms with Gasteiger partial charge in [-0.05, 0) is 61.0 Å². The normalized spacial score (nSPS) is 14.5. The number of nitro benzene ring substituents is 1. The lowest BCUT2D eigenvalue weighted by atomic mass is 9.95. The van der Waals surface area contributed by atoms with Crippen molar-refractivity contribution in [1.82, 2.24) is 4.57 Å². The highest BCUT2D eigenvalue weighted by Gasteiger charge is 2.33. The van der Waals surface area contributed by atoms with E-state index in [2.05, 4.69) is 10.3 Å². The number of hydrogen-bond donors (Lipinski definition) is 1. The fraction of sp³-hybridized carbons (Fsp3) is 0.121. The smallest absolute Gasteiger partial charge is 0.284 e. The number of allylic oxidation sites excluding steroid dienone is 1. The summed E-state index contributed by atoms with van der Waals surface area (Å²) in [6.45, 7) is 1.74. The molecule has 1 amide bonds. The lowest BCUT2D eigenvalue weighted by Crippen LogP contribution is -2.40. The van der Waals surface area contributed by atoms with Crippen molar-refractivity contribution in [2.45, 2.75) is 13.0 Å². The van der Waals surface area contributed by atoms with Gasteiger partial charge in [0.05, 0.1) is 52.6 Å². The van der Waals surface area contributed by atoms with E-state index in [0.717, 1.165) is 11.3 Å². The minimum atomic E-state index is -0.795. The van der Waals surface area contributed by atoms with Crippen molar-refractivity contribution < 1.29 is 23.6 Å². The van der Waals surface area contributed by atoms with Crippen LogP contribution in [0, 0.1) is 10.1 Å². The summed E-state index contributed by atoms with van der Waals surface area (Å²) < 4.78 is 18.3. The quantitative estimate of drug-likeness (QED) is 0.189. The zero-order valence-corrected chi connectivity index (χ0v) is 25.2. The molecule has 0 saturated carbocycles. The molecule has 1 unspecified atom stereocenters. The van der Waals surface area contributed by atoms with Crippen LogP contribution in [0.25, 0.3) is 17.4 Å². The number of aromatic nitrogens is 1. The highest BCUT2D eigenvalue weighted by molar-refractivity contribution is 7.07. The molecular formula is C33H26N4O7S. The van der Waals surface area contributed by atoms with Crippen molar-refractivity contribution in [2.75, 3.05) is 19.5 Å². The van der Waals surface area contributed by atoms with Crippen molar-refractivity contribution in [2.24, 2.45) is 4.99 Å². The van der Waals surface area contributed by atoms with Crippen LogP contribution >= 0.6 is 11.3 Å². The molecule has 0 bridgehead atoms. The molecule has 3 heterocycles. The van der Waals surface area contributed by atoms with E-state index in [1.54, 1.807) is 74.7 Å². The number of carbonyl (C=O) groups is 1. The number of para-hydroxylation sites is 1. The van der Waals surface area contributed by atoms with Gasteiger partial charge in [-0.3, -0.25) is 24.3 Å². The number of methoxy groups -OCH3 is 2. The molecule has 45 heavy (non-hydrogen) atoms. The number of rotatable bonds is 8. The highest BCUT2D eigenvalue weighted by atomic mass is 32.1. The molecule has 0 spiro atoms. The van der Waals surface area contributed by atoms with E-state index in [-0.39, 0.29) is 28.5 Å². The number of nitro groups is 1. The molecule has 0 fully saturated rings. The number of amides is 1. The van der Waals surface area contributed by atoms with Crippen LogP contribution in [0.15, 0.2) is 110 Å². The summed E-state index contributed by atoms with van der Waals surface area (Å²) in [4.78, 5) is 44.0. The first kappa shape index (κ1) is 29.3. The molecule has 0 aliphatic carbocycles. The second-order valence-corrected chi connectivity index (χ2v) is 11.0. The van der Waals surface area contributed by atoms with E-state index in [9.17, 15) is 19.7 Å². The Morgan fingerprint density at radius 1 is 1.02 bits per heavy atom. The summed E-state index contributed by atoms with van der Waals surface area (Å²) >= 11 is 1.15. The third-order valence-electron chi connectivity index (χ3n) is 7.27. The van der Waals surface area contributed by atoms with E-state index in [4.69, 9.17) is 13.9 Å². The molecule has 6 rings (SSSR count). The second-order valence-electron chi connectivity index (χ2n) is 10.0. The Bertz CT molecular complexity index is 2160. The van der Waals surface area contributed by atoms with Gasteiger partial charge < -0.3 is 19.2 Å². The summed E-state index contributed by atoms with van der Waals surface area (Å²) in [7, 11) is 2.98. The molecule has 1 atom stereocenters. The predicted molar refractivity (Wildman–Crippen MR) is 169 cm³/mol. The van der Waals surface area contributed by atoms with Gasteiger partial charge in [-0.2, -0.15) is 0 Å². The van der Waals surface area contributed by atoms with Crippen LogP contribution in [0.3, 0.4) is 0 Å². The fourth-order valence-corrected chi connectivity index (χ4v) is 6.19. The second kappa shape index (κ2) is 12.1. The maximum atomic E-state index is 14.0. The average Bonchev–Trinajstić information content (AvgIpc) is 3.64. The molecule has 2 aromatic heterocycles. The van der Waals surface area contributed by atoms with Crippen LogP contribution in [0.4, 0.5) is 11.4 Å². The summed E-state index contributed by atoms with van der Waals surface area (Å²) in [5.41, 5.74) is 1.78. The van der Waals surface area contributed by atoms with E-state index in [1.165, 1.54) is 17.7 Å². The Hall–Kier alpha value is -5.75. The molecule has 5 aromatic rings. The van der Waals surface area contributed by atoms with Gasteiger partial charge in [0.15, 0.2) is 4.80 Å². The van der Waals surface area contributed by atoms with Gasteiger partial charge in [0.25, 0.3) is 17.2 Å². The Morgan fingerprint density at radius 2 is 1.78 bits per heavy atom. The minimum Gasteiger partial charge on any atom is -0.497 e. The number of ether oxygens (including phenoxy) is 2. The number of nitrogens with one attached hydrogen (secondary N) is 1. The Kier molecular flexibility index (Phi) is 7.88. The highest BCUT2D eigenvalue weighted by Crippen LogP contribution is 2.35. The molecule has 0 radical (unpaired) electrons. The number of benzene rings is 3. The van der Waals surface area contributed by atoms with Crippen LogP contribution in [0.1, 0.15) is 24.3 Å². The molecule has 226 valence electrons. The molecule has 1 aliphatic rings. The Morgan fingerprint density at radius 3 is 2.51 bits per heavy atom. The maximum absolute atomic E-state index is 14.0. The third kappa shape index (κ3) is 5.66. The average molecular weight is 623 g/mol. The number of carbonyl (C=O) groups excluding carboxylic acids is 1. The van der Waals surface area contributed by atoms with Gasteiger partial charge in [0.1, 0.15) is 23.0 Å². The number of thiazole rings is 1. The number of hydrogen-bond acceptors (Lipinski definition) is 9. The molecule has 12 heteroatoms. The maximum Gasteiger partial charge on any atom is 0.284 e. The van der Waals surface area contributed by atoms with Gasteiger partial charge in [0.2, 0.25) is 0 Å². The van der Waals surface area contributed by atoms with Crippen LogP contribution in [0.2, 0.25) is 0 Å². The van der Waals surface area contributed by atoms with E-state index >= 15 is 0 Å². The zero-order valence-electron chi connectivity index (χ0n) is 24.3. The standard InChI is InChI=1S/C33H26N4O7S/c1-19-29(31(38)35-21-9-5-4-6-10-21)30(20-8-7-11-22(16-20)42-2)36-32(39)28(45-33(36)34-19)18-24-13-15-27(44-24)25-14-12-23(43-3)17-26(25)37(40)41/h4-18,30H,1-3H3,(H,35,38)/b28-18-. The monoisotopic (exact) mass is 622 g/mol. The molecule has 3 aromatic carbocycles. The number of furan rings is 1. The topological polar surface area (TPSA) is 138 Å². The minimum absolute atomic E-state index is 0.176. The van der Waals surface area contributed by atoms with Crippen molar-refractivity contribution in [1.29, 1.82) is 0 Å². The van der Waals surface area contributed by atoms with Crippen LogP contribution in [-0.2, 0) is 4.79 Å². The van der Waals surface area contributed by atoms with Gasteiger partial charge in [0, 0.05) is 11.8 Å². The van der Waals surface area contributed by atoms with Gasteiger partial charge in [-0.25, -0.2) is 4.99 Å². The largest absolute Gasteiger partial charge is 0.497 e. The summed E-state index contributed by atoms with van der Waals surface area (Å²) in [5.74, 6) is 1.10. The van der Waals surface area contributed by atoms with E-state index in [1.807, 2.05) is 24.3 Å². The zero-order chi connectivity index (χ0) is 31.7. The van der Waals surface area contributed by atoms with Crippen LogP contribution in [0.5, 0.6) is 11.5 Å². The molecular weight excluding hydrogens is 596 g/mol. The molecule has 1 N–H and O–H groups in total. The van der Waals surface area contributed by atoms with Gasteiger partial charge in [-0.1, -0.05) is 41.7 Å². The fourth-order valence-electron chi connectivity index (χ4n) is 5.16. The molecule has 1 aliphatic heterocycles. The van der Waals surface area contributed by atoms with Crippen molar-refractivity contribution in [3.63, 3.8) is 0 Å². The SMILES string of the molecule is COc1cccc(C2C(C(=O)Nc3ccccc3)=C(C)N=c3s/c(=C\c4ccc(-c5ccc(OC)cc5[N+](=O)[O-])o4)c(=O)n32)c1. The van der Waals surface area contributed by atoms with E-state index < -0.39 is 11.0 Å². The van der Waals surface area contributed by atoms with Gasteiger partial charge >= 0.3 is 0 Å². The molecule has 11 nitrogen and oxygen atoms in total. The Labute approximate surface area is 260 Å². The summed E-state index contributed by atoms with van der Waals surface area (Å²) in [5, 5.41) is 14.6. The molecule has 0 saturated heterocycles. The van der Waals surface area contributed by atoms with Crippen molar-refractivity contribution in [3.05, 3.63) is 137 Å². The van der Waals surface area contributed by atoms with Crippen molar-refractivity contribution >= 4 is 34.7 Å². The summed E-state index contributed by atoms with van der Waals surface area (Å²) in [6, 6.07) is 23.2. The summed E-state index contributed by atoms with van der Waals surface area (Å²) in [6.07, 6.45) is 1.56. The lowest BCUT2D eigenvalue weighted by molar-refractivity contribution is -0.384. The number of anilines is 1. The number of fused-ring (bicyclic) bond motifs is 1. The Balaban J connectivity index is 1.45. The third-order valence-corrected chi connectivity index (χ3v) is 8.26. The van der Waals surface area contributed by atoms with E-state index in [0.29, 0.717) is 49.1 Å².